The molecular formula is C17H18O5. The van der Waals surface area contributed by atoms with Crippen molar-refractivity contribution in [1.82, 2.24) is 0 Å². The number of phenolic OH excluding ortho intramolecular Hbond substituents is 3. The van der Waals surface area contributed by atoms with Crippen LogP contribution in [-0.4, -0.2) is 26.7 Å². The molecule has 0 bridgehead atoms. The monoisotopic (exact) mass is 302 g/mol. The Bertz CT molecular complexity index is 713. The van der Waals surface area contributed by atoms with Crippen LogP contribution in [0.25, 0.3) is 0 Å². The zero-order chi connectivity index (χ0) is 16.5. The number of ether oxygens (including phenoxy) is 1. The van der Waals surface area contributed by atoms with E-state index in [2.05, 4.69) is 0 Å². The summed E-state index contributed by atoms with van der Waals surface area (Å²) in [7, 11) is 0. The Morgan fingerprint density at radius 1 is 0.909 bits per heavy atom. The summed E-state index contributed by atoms with van der Waals surface area (Å²) in [4.78, 5) is 12.4. The van der Waals surface area contributed by atoms with Gasteiger partial charge in [0.05, 0.1) is 11.1 Å². The summed E-state index contributed by atoms with van der Waals surface area (Å²) in [6, 6.07) is 8.03. The number of carbonyl (C=O) groups excluding carboxylic acids is 1. The maximum absolute atomic E-state index is 12.4. The molecule has 3 N–H and O–H groups in total. The highest BCUT2D eigenvalue weighted by molar-refractivity contribution is 6.12. The molecule has 0 radical (unpaired) electrons. The van der Waals surface area contributed by atoms with E-state index in [1.54, 1.807) is 6.07 Å². The molecule has 5 heteroatoms. The minimum absolute atomic E-state index is 0.00223. The molecule has 0 unspecified atom stereocenters. The number of benzene rings is 2. The molecular weight excluding hydrogens is 284 g/mol. The molecule has 0 amide bonds. The molecule has 0 saturated carbocycles. The van der Waals surface area contributed by atoms with Gasteiger partial charge in [-0.15, -0.1) is 0 Å². The Balaban J connectivity index is 2.35. The summed E-state index contributed by atoms with van der Waals surface area (Å²) in [5.41, 5.74) is -0.382. The second-order valence-electron chi connectivity index (χ2n) is 5.92. The van der Waals surface area contributed by atoms with Crippen LogP contribution in [-0.2, 0) is 0 Å². The van der Waals surface area contributed by atoms with Crippen LogP contribution in [0.2, 0.25) is 0 Å². The van der Waals surface area contributed by atoms with Crippen LogP contribution in [0.5, 0.6) is 23.0 Å². The van der Waals surface area contributed by atoms with E-state index in [1.807, 2.05) is 20.8 Å². The second-order valence-corrected chi connectivity index (χ2v) is 5.92. The third kappa shape index (κ3) is 3.49. The van der Waals surface area contributed by atoms with Gasteiger partial charge >= 0.3 is 0 Å². The van der Waals surface area contributed by atoms with Crippen LogP contribution < -0.4 is 4.74 Å². The van der Waals surface area contributed by atoms with E-state index in [1.165, 1.54) is 24.3 Å². The van der Waals surface area contributed by atoms with Crippen molar-refractivity contribution in [3.05, 3.63) is 47.5 Å². The topological polar surface area (TPSA) is 87.0 Å². The van der Waals surface area contributed by atoms with Crippen molar-refractivity contribution in [3.8, 4) is 23.0 Å². The van der Waals surface area contributed by atoms with Gasteiger partial charge in [-0.2, -0.15) is 0 Å². The van der Waals surface area contributed by atoms with Gasteiger partial charge in [-0.05, 0) is 45.0 Å². The number of carbonyl (C=O) groups is 1. The van der Waals surface area contributed by atoms with Gasteiger partial charge in [0.1, 0.15) is 28.6 Å². The third-order valence-corrected chi connectivity index (χ3v) is 2.86. The van der Waals surface area contributed by atoms with E-state index in [4.69, 9.17) is 4.74 Å². The van der Waals surface area contributed by atoms with Gasteiger partial charge in [0.25, 0.3) is 0 Å². The molecule has 0 saturated heterocycles. The number of hydrogen-bond acceptors (Lipinski definition) is 5. The quantitative estimate of drug-likeness (QED) is 0.758. The summed E-state index contributed by atoms with van der Waals surface area (Å²) < 4.78 is 5.61. The van der Waals surface area contributed by atoms with Crippen LogP contribution in [0.1, 0.15) is 36.7 Å². The Hall–Kier alpha value is -2.69. The first-order chi connectivity index (χ1) is 10.2. The first-order valence-electron chi connectivity index (χ1n) is 6.76. The van der Waals surface area contributed by atoms with Gasteiger partial charge < -0.3 is 20.1 Å². The Morgan fingerprint density at radius 3 is 1.95 bits per heavy atom. The SMILES string of the molecule is CC(C)(C)Oc1ccc(C(=O)c2ccc(O)cc2O)c(O)c1. The normalized spacial score (nSPS) is 11.2. The first kappa shape index (κ1) is 15.7. The van der Waals surface area contributed by atoms with Crippen molar-refractivity contribution in [2.75, 3.05) is 0 Å². The molecule has 0 fully saturated rings. The number of rotatable bonds is 3. The van der Waals surface area contributed by atoms with Crippen LogP contribution in [0.15, 0.2) is 36.4 Å². The summed E-state index contributed by atoms with van der Waals surface area (Å²) in [6.45, 7) is 5.62. The standard InChI is InChI=1S/C17H18O5/c1-17(2,3)22-11-5-7-13(15(20)9-11)16(21)12-6-4-10(18)8-14(12)19/h4-9,18-20H,1-3H3. The van der Waals surface area contributed by atoms with Gasteiger partial charge in [0.2, 0.25) is 0 Å². The smallest absolute Gasteiger partial charge is 0.200 e. The van der Waals surface area contributed by atoms with Gasteiger partial charge in [-0.3, -0.25) is 4.79 Å². The number of ketones is 1. The largest absolute Gasteiger partial charge is 0.508 e. The molecule has 2 rings (SSSR count). The summed E-state index contributed by atoms with van der Waals surface area (Å²) in [6.07, 6.45) is 0. The Morgan fingerprint density at radius 2 is 1.45 bits per heavy atom. The van der Waals surface area contributed by atoms with Gasteiger partial charge in [0.15, 0.2) is 5.78 Å². The molecule has 2 aromatic rings. The van der Waals surface area contributed by atoms with E-state index in [-0.39, 0.29) is 28.4 Å². The van der Waals surface area contributed by atoms with Crippen molar-refractivity contribution in [2.24, 2.45) is 0 Å². The van der Waals surface area contributed by atoms with Crippen molar-refractivity contribution < 1.29 is 24.9 Å². The van der Waals surface area contributed by atoms with Gasteiger partial charge in [0, 0.05) is 12.1 Å². The molecule has 0 heterocycles. The van der Waals surface area contributed by atoms with Crippen LogP contribution >= 0.6 is 0 Å². The molecule has 2 aromatic carbocycles. The fourth-order valence-electron chi connectivity index (χ4n) is 1.98. The average molecular weight is 302 g/mol. The maximum Gasteiger partial charge on any atom is 0.200 e. The second kappa shape index (κ2) is 5.60. The fourth-order valence-corrected chi connectivity index (χ4v) is 1.98. The fraction of sp³-hybridized carbons (Fsp3) is 0.235. The molecule has 5 nitrogen and oxygen atoms in total. The van der Waals surface area contributed by atoms with E-state index in [0.717, 1.165) is 6.07 Å². The highest BCUT2D eigenvalue weighted by Crippen LogP contribution is 2.31. The van der Waals surface area contributed by atoms with Crippen LogP contribution in [0, 0.1) is 0 Å². The minimum Gasteiger partial charge on any atom is -0.508 e. The zero-order valence-electron chi connectivity index (χ0n) is 12.6. The predicted molar refractivity (Wildman–Crippen MR) is 81.7 cm³/mol. The average Bonchev–Trinajstić information content (AvgIpc) is 2.36. The lowest BCUT2D eigenvalue weighted by molar-refractivity contribution is 0.103. The van der Waals surface area contributed by atoms with Gasteiger partial charge in [-0.25, -0.2) is 0 Å². The van der Waals surface area contributed by atoms with Crippen molar-refractivity contribution in [2.45, 2.75) is 26.4 Å². The lowest BCUT2D eigenvalue weighted by Gasteiger charge is -2.21. The molecule has 22 heavy (non-hydrogen) atoms. The minimum atomic E-state index is -0.544. The van der Waals surface area contributed by atoms with E-state index in [0.29, 0.717) is 5.75 Å². The highest BCUT2D eigenvalue weighted by atomic mass is 16.5. The highest BCUT2D eigenvalue weighted by Gasteiger charge is 2.19. The lowest BCUT2D eigenvalue weighted by atomic mass is 10.0. The Labute approximate surface area is 128 Å². The molecule has 0 aliphatic heterocycles. The van der Waals surface area contributed by atoms with E-state index in [9.17, 15) is 20.1 Å². The Kier molecular flexibility index (Phi) is 3.99. The molecule has 0 aliphatic rings. The zero-order valence-corrected chi connectivity index (χ0v) is 12.6. The molecule has 116 valence electrons. The van der Waals surface area contributed by atoms with E-state index < -0.39 is 11.4 Å². The first-order valence-corrected chi connectivity index (χ1v) is 6.76. The van der Waals surface area contributed by atoms with Crippen LogP contribution in [0.3, 0.4) is 0 Å². The van der Waals surface area contributed by atoms with Gasteiger partial charge in [-0.1, -0.05) is 0 Å². The van der Waals surface area contributed by atoms with Crippen LogP contribution in [0.4, 0.5) is 0 Å². The van der Waals surface area contributed by atoms with Crippen molar-refractivity contribution in [3.63, 3.8) is 0 Å². The summed E-state index contributed by atoms with van der Waals surface area (Å²) in [5, 5.41) is 29.0. The van der Waals surface area contributed by atoms with E-state index >= 15 is 0 Å². The van der Waals surface area contributed by atoms with Crippen molar-refractivity contribution in [1.29, 1.82) is 0 Å². The molecule has 0 spiro atoms. The number of phenols is 3. The predicted octanol–water partition coefficient (Wildman–Crippen LogP) is 3.21. The summed E-state index contributed by atoms with van der Waals surface area (Å²) >= 11 is 0. The summed E-state index contributed by atoms with van der Waals surface area (Å²) in [5.74, 6) is -0.834. The molecule has 0 atom stereocenters. The molecule has 0 aromatic heterocycles. The number of hydrogen-bond donors (Lipinski definition) is 3. The molecule has 0 aliphatic carbocycles. The lowest BCUT2D eigenvalue weighted by Crippen LogP contribution is -2.22. The number of aromatic hydroxyl groups is 3. The maximum atomic E-state index is 12.4. The third-order valence-electron chi connectivity index (χ3n) is 2.86. The van der Waals surface area contributed by atoms with Crippen molar-refractivity contribution >= 4 is 5.78 Å².